The molecule has 23 heavy (non-hydrogen) atoms. The van der Waals surface area contributed by atoms with Crippen molar-refractivity contribution in [3.05, 3.63) is 0 Å². The molecule has 2 N–H and O–H groups in total. The Bertz CT molecular complexity index is 383. The van der Waals surface area contributed by atoms with Gasteiger partial charge in [0.05, 0.1) is 19.1 Å². The lowest BCUT2D eigenvalue weighted by atomic mass is 9.96. The normalized spacial score (nSPS) is 22.2. The van der Waals surface area contributed by atoms with E-state index in [4.69, 9.17) is 10.5 Å². The molecule has 1 unspecified atom stereocenters. The van der Waals surface area contributed by atoms with Crippen LogP contribution < -0.4 is 5.73 Å². The molecule has 132 valence electrons. The molecule has 0 spiro atoms. The summed E-state index contributed by atoms with van der Waals surface area (Å²) in [5, 5.41) is 0. The van der Waals surface area contributed by atoms with E-state index in [-0.39, 0.29) is 17.7 Å². The topological polar surface area (TPSA) is 75.9 Å². The van der Waals surface area contributed by atoms with E-state index in [1.807, 2.05) is 9.80 Å². The molecule has 2 saturated heterocycles. The van der Waals surface area contributed by atoms with Crippen LogP contribution in [0.5, 0.6) is 0 Å². The third-order valence-corrected chi connectivity index (χ3v) is 4.79. The molecule has 0 aromatic rings. The number of rotatable bonds is 7. The van der Waals surface area contributed by atoms with Crippen molar-refractivity contribution >= 4 is 11.8 Å². The van der Waals surface area contributed by atoms with E-state index in [0.29, 0.717) is 39.3 Å². The van der Waals surface area contributed by atoms with Gasteiger partial charge in [0, 0.05) is 32.6 Å². The van der Waals surface area contributed by atoms with Gasteiger partial charge in [-0.05, 0) is 32.2 Å². The summed E-state index contributed by atoms with van der Waals surface area (Å²) in [4.78, 5) is 28.7. The van der Waals surface area contributed by atoms with Gasteiger partial charge in [0.25, 0.3) is 0 Å². The van der Waals surface area contributed by atoms with E-state index < -0.39 is 0 Å². The third kappa shape index (κ3) is 5.77. The summed E-state index contributed by atoms with van der Waals surface area (Å²) in [5.74, 6) is 0.383. The van der Waals surface area contributed by atoms with Gasteiger partial charge < -0.3 is 20.3 Å². The number of ether oxygens (including phenoxy) is 1. The first-order chi connectivity index (χ1) is 11.2. The maximum absolute atomic E-state index is 12.6. The quantitative estimate of drug-likeness (QED) is 0.708. The average molecular weight is 325 g/mol. The van der Waals surface area contributed by atoms with Gasteiger partial charge in [0.15, 0.2) is 0 Å². The predicted octanol–water partition coefficient (Wildman–Crippen LogP) is 0.993. The summed E-state index contributed by atoms with van der Waals surface area (Å²) in [7, 11) is 0. The molecule has 0 aromatic carbocycles. The van der Waals surface area contributed by atoms with Gasteiger partial charge in [-0.1, -0.05) is 12.8 Å². The number of hydrogen-bond acceptors (Lipinski definition) is 4. The highest BCUT2D eigenvalue weighted by molar-refractivity contribution is 5.81. The minimum Gasteiger partial charge on any atom is -0.378 e. The molecule has 6 heteroatoms. The number of unbranched alkanes of at least 4 members (excludes halogenated alkanes) is 3. The first-order valence-electron chi connectivity index (χ1n) is 9.06. The van der Waals surface area contributed by atoms with E-state index in [1.54, 1.807) is 0 Å². The molecule has 0 aliphatic carbocycles. The number of likely N-dealkylation sites (tertiary alicyclic amines) is 1. The zero-order valence-electron chi connectivity index (χ0n) is 14.2. The summed E-state index contributed by atoms with van der Waals surface area (Å²) < 4.78 is 5.30. The van der Waals surface area contributed by atoms with E-state index in [0.717, 1.165) is 51.6 Å². The predicted molar refractivity (Wildman–Crippen MR) is 88.8 cm³/mol. The van der Waals surface area contributed by atoms with Crippen molar-refractivity contribution in [3.8, 4) is 0 Å². The third-order valence-electron chi connectivity index (χ3n) is 4.79. The van der Waals surface area contributed by atoms with Crippen molar-refractivity contribution in [2.45, 2.75) is 44.9 Å². The largest absolute Gasteiger partial charge is 0.378 e. The Morgan fingerprint density at radius 2 is 1.74 bits per heavy atom. The SMILES string of the molecule is NCCCCCCC(=O)N1CCCC(C(=O)N2CCOCC2)C1. The standard InChI is InChI=1S/C17H31N3O3/c18-8-4-2-1-3-7-16(21)20-9-5-6-15(14-20)17(22)19-10-12-23-13-11-19/h15H,1-14,18H2. The molecular weight excluding hydrogens is 294 g/mol. The van der Waals surface area contributed by atoms with Crippen molar-refractivity contribution in [1.29, 1.82) is 0 Å². The highest BCUT2D eigenvalue weighted by Gasteiger charge is 2.31. The Kier molecular flexibility index (Phi) is 7.82. The minimum atomic E-state index is -0.0250. The molecule has 0 radical (unpaired) electrons. The molecule has 2 aliphatic rings. The average Bonchev–Trinajstić information content (AvgIpc) is 2.61. The van der Waals surface area contributed by atoms with Crippen molar-refractivity contribution in [2.24, 2.45) is 11.7 Å². The smallest absolute Gasteiger partial charge is 0.227 e. The van der Waals surface area contributed by atoms with Gasteiger partial charge in [-0.25, -0.2) is 0 Å². The summed E-state index contributed by atoms with van der Waals surface area (Å²) in [5.41, 5.74) is 5.47. The van der Waals surface area contributed by atoms with E-state index >= 15 is 0 Å². The van der Waals surface area contributed by atoms with Gasteiger partial charge in [-0.2, -0.15) is 0 Å². The van der Waals surface area contributed by atoms with Crippen LogP contribution in [0.25, 0.3) is 0 Å². The second-order valence-corrected chi connectivity index (χ2v) is 6.57. The lowest BCUT2D eigenvalue weighted by molar-refractivity contribution is -0.144. The number of hydrogen-bond donors (Lipinski definition) is 1. The number of carbonyl (C=O) groups excluding carboxylic acids is 2. The van der Waals surface area contributed by atoms with Gasteiger partial charge in [0.2, 0.25) is 11.8 Å². The molecule has 6 nitrogen and oxygen atoms in total. The molecule has 1 atom stereocenters. The first-order valence-corrected chi connectivity index (χ1v) is 9.06. The zero-order valence-corrected chi connectivity index (χ0v) is 14.2. The highest BCUT2D eigenvalue weighted by Crippen LogP contribution is 2.20. The number of nitrogens with two attached hydrogens (primary N) is 1. The van der Waals surface area contributed by atoms with Crippen LogP contribution in [0.2, 0.25) is 0 Å². The van der Waals surface area contributed by atoms with Crippen LogP contribution in [0.3, 0.4) is 0 Å². The minimum absolute atomic E-state index is 0.0250. The van der Waals surface area contributed by atoms with E-state index in [1.165, 1.54) is 0 Å². The number of nitrogens with zero attached hydrogens (tertiary/aromatic N) is 2. The number of piperidine rings is 1. The Labute approximate surface area is 139 Å². The molecule has 0 bridgehead atoms. The Morgan fingerprint density at radius 3 is 2.48 bits per heavy atom. The first kappa shape index (κ1) is 18.2. The fraction of sp³-hybridized carbons (Fsp3) is 0.882. The van der Waals surface area contributed by atoms with E-state index in [2.05, 4.69) is 0 Å². The second-order valence-electron chi connectivity index (χ2n) is 6.57. The maximum Gasteiger partial charge on any atom is 0.227 e. The van der Waals surface area contributed by atoms with Gasteiger partial charge in [-0.3, -0.25) is 9.59 Å². The van der Waals surface area contributed by atoms with Gasteiger partial charge >= 0.3 is 0 Å². The van der Waals surface area contributed by atoms with Gasteiger partial charge in [0.1, 0.15) is 0 Å². The Balaban J connectivity index is 1.73. The molecule has 2 fully saturated rings. The molecule has 2 rings (SSSR count). The number of morpholine rings is 1. The number of amides is 2. The van der Waals surface area contributed by atoms with Crippen LogP contribution in [0.4, 0.5) is 0 Å². The molecule has 0 aromatic heterocycles. The Hall–Kier alpha value is -1.14. The molecule has 2 heterocycles. The van der Waals surface area contributed by atoms with Crippen molar-refractivity contribution in [3.63, 3.8) is 0 Å². The van der Waals surface area contributed by atoms with Gasteiger partial charge in [-0.15, -0.1) is 0 Å². The molecule has 0 saturated carbocycles. The monoisotopic (exact) mass is 325 g/mol. The number of carbonyl (C=O) groups is 2. The highest BCUT2D eigenvalue weighted by atomic mass is 16.5. The zero-order chi connectivity index (χ0) is 16.5. The van der Waals surface area contributed by atoms with E-state index in [9.17, 15) is 9.59 Å². The molecule has 2 aliphatic heterocycles. The van der Waals surface area contributed by atoms with Crippen LogP contribution >= 0.6 is 0 Å². The second kappa shape index (κ2) is 9.88. The van der Waals surface area contributed by atoms with Crippen LogP contribution in [0, 0.1) is 5.92 Å². The van der Waals surface area contributed by atoms with Crippen molar-refractivity contribution in [2.75, 3.05) is 45.9 Å². The summed E-state index contributed by atoms with van der Waals surface area (Å²) in [6.45, 7) is 4.75. The van der Waals surface area contributed by atoms with Crippen LogP contribution in [-0.2, 0) is 14.3 Å². The van der Waals surface area contributed by atoms with Crippen molar-refractivity contribution < 1.29 is 14.3 Å². The fourth-order valence-corrected chi connectivity index (χ4v) is 3.38. The maximum atomic E-state index is 12.6. The summed E-state index contributed by atoms with van der Waals surface area (Å²) >= 11 is 0. The summed E-state index contributed by atoms with van der Waals surface area (Å²) in [6, 6.07) is 0. The van der Waals surface area contributed by atoms with Crippen LogP contribution in [0.1, 0.15) is 44.9 Å². The molecular formula is C17H31N3O3. The molecule has 2 amide bonds. The van der Waals surface area contributed by atoms with Crippen molar-refractivity contribution in [1.82, 2.24) is 9.80 Å². The fourth-order valence-electron chi connectivity index (χ4n) is 3.38. The summed E-state index contributed by atoms with van der Waals surface area (Å²) in [6.07, 6.45) is 6.56. The Morgan fingerprint density at radius 1 is 1.00 bits per heavy atom. The van der Waals surface area contributed by atoms with Crippen LogP contribution in [-0.4, -0.2) is 67.6 Å². The van der Waals surface area contributed by atoms with Crippen LogP contribution in [0.15, 0.2) is 0 Å². The lowest BCUT2D eigenvalue weighted by Crippen LogP contribution is -2.49. The lowest BCUT2D eigenvalue weighted by Gasteiger charge is -2.36.